The molecule has 1 saturated heterocycles. The summed E-state index contributed by atoms with van der Waals surface area (Å²) in [6, 6.07) is 6.11. The molecule has 86 valence electrons. The van der Waals surface area contributed by atoms with Gasteiger partial charge in [0.2, 0.25) is 0 Å². The maximum atomic E-state index is 9.24. The van der Waals surface area contributed by atoms with Crippen LogP contribution in [0.1, 0.15) is 25.0 Å². The van der Waals surface area contributed by atoms with E-state index in [4.69, 9.17) is 5.41 Å². The first-order valence-electron chi connectivity index (χ1n) is 5.99. The molecule has 0 aromatic carbocycles. The second-order valence-electron chi connectivity index (χ2n) is 4.50. The highest BCUT2D eigenvalue weighted by Crippen LogP contribution is 2.32. The molecule has 1 aromatic rings. The molecule has 3 heterocycles. The first-order valence-corrected chi connectivity index (χ1v) is 5.99. The van der Waals surface area contributed by atoms with Gasteiger partial charge in [0.05, 0.1) is 11.4 Å². The minimum Gasteiger partial charge on any atom is -0.369 e. The van der Waals surface area contributed by atoms with Crippen LogP contribution in [0.5, 0.6) is 0 Å². The van der Waals surface area contributed by atoms with Crippen molar-refractivity contribution in [1.82, 2.24) is 9.47 Å². The van der Waals surface area contributed by atoms with Crippen LogP contribution in [0, 0.1) is 16.7 Å². The number of piperidine rings is 1. The Labute approximate surface area is 100 Å². The summed E-state index contributed by atoms with van der Waals surface area (Å²) in [5.74, 6) is 0.313. The van der Waals surface area contributed by atoms with Crippen molar-refractivity contribution in [2.45, 2.75) is 19.3 Å². The van der Waals surface area contributed by atoms with Gasteiger partial charge in [-0.1, -0.05) is 0 Å². The van der Waals surface area contributed by atoms with Crippen molar-refractivity contribution >= 4 is 11.5 Å². The number of nitrogens with zero attached hydrogens (tertiary/aromatic N) is 3. The molecule has 17 heavy (non-hydrogen) atoms. The monoisotopic (exact) mass is 226 g/mol. The van der Waals surface area contributed by atoms with Crippen molar-refractivity contribution in [3.63, 3.8) is 0 Å². The molecule has 1 fully saturated rings. The zero-order valence-electron chi connectivity index (χ0n) is 9.61. The normalized spacial score (nSPS) is 19.5. The molecule has 1 N–H and O–H groups in total. The molecule has 0 atom stereocenters. The van der Waals surface area contributed by atoms with Crippen molar-refractivity contribution in [3.05, 3.63) is 29.6 Å². The van der Waals surface area contributed by atoms with E-state index < -0.39 is 0 Å². The predicted octanol–water partition coefficient (Wildman–Crippen LogP) is 2.05. The van der Waals surface area contributed by atoms with Crippen LogP contribution in [0.15, 0.2) is 23.9 Å². The zero-order chi connectivity index (χ0) is 11.8. The molecule has 0 radical (unpaired) electrons. The quantitative estimate of drug-likeness (QED) is 0.796. The topological polar surface area (TPSA) is 55.8 Å². The average molecular weight is 226 g/mol. The molecule has 0 aliphatic carbocycles. The third-order valence-corrected chi connectivity index (χ3v) is 3.49. The predicted molar refractivity (Wildman–Crippen MR) is 65.5 cm³/mol. The maximum Gasteiger partial charge on any atom is 0.149 e. The summed E-state index contributed by atoms with van der Waals surface area (Å²) in [5, 5.41) is 17.2. The summed E-state index contributed by atoms with van der Waals surface area (Å²) in [7, 11) is 0. The fraction of sp³-hybridized carbons (Fsp3) is 0.385. The SMILES string of the molecule is N#CC1=C(N2CCCCC2)c2cccn2C1=N. The van der Waals surface area contributed by atoms with Crippen molar-refractivity contribution < 1.29 is 0 Å². The summed E-state index contributed by atoms with van der Waals surface area (Å²) in [6.07, 6.45) is 5.47. The van der Waals surface area contributed by atoms with Crippen LogP contribution < -0.4 is 0 Å². The van der Waals surface area contributed by atoms with Gasteiger partial charge in [-0.05, 0) is 31.4 Å². The minimum absolute atomic E-state index is 0.313. The van der Waals surface area contributed by atoms with E-state index in [9.17, 15) is 5.26 Å². The third kappa shape index (κ3) is 1.39. The Morgan fingerprint density at radius 2 is 2.00 bits per heavy atom. The van der Waals surface area contributed by atoms with E-state index >= 15 is 0 Å². The molecule has 1 aromatic heterocycles. The highest BCUT2D eigenvalue weighted by atomic mass is 15.2. The van der Waals surface area contributed by atoms with Crippen LogP contribution in [0.3, 0.4) is 0 Å². The molecule has 0 amide bonds. The van der Waals surface area contributed by atoms with Gasteiger partial charge >= 0.3 is 0 Å². The van der Waals surface area contributed by atoms with Gasteiger partial charge in [-0.15, -0.1) is 0 Å². The molecule has 4 nitrogen and oxygen atoms in total. The standard InChI is InChI=1S/C13H14N4/c14-9-10-12(16-6-2-1-3-7-16)11-5-4-8-17(11)13(10)15/h4-5,8,15H,1-3,6-7H2. The first-order chi connectivity index (χ1) is 8.33. The Hall–Kier alpha value is -2.02. The van der Waals surface area contributed by atoms with Gasteiger partial charge < -0.3 is 4.90 Å². The first kappa shape index (κ1) is 10.2. The molecular weight excluding hydrogens is 212 g/mol. The molecule has 0 bridgehead atoms. The Morgan fingerprint density at radius 1 is 1.24 bits per heavy atom. The number of likely N-dealkylation sites (tertiary alicyclic amines) is 1. The van der Waals surface area contributed by atoms with Gasteiger partial charge in [-0.3, -0.25) is 9.98 Å². The molecular formula is C13H14N4. The lowest BCUT2D eigenvalue weighted by Gasteiger charge is -2.29. The molecule has 2 aliphatic heterocycles. The largest absolute Gasteiger partial charge is 0.369 e. The fourth-order valence-electron chi connectivity index (χ4n) is 2.67. The summed E-state index contributed by atoms with van der Waals surface area (Å²) >= 11 is 0. The molecule has 0 saturated carbocycles. The lowest BCUT2D eigenvalue weighted by molar-refractivity contribution is 0.325. The summed E-state index contributed by atoms with van der Waals surface area (Å²) in [6.45, 7) is 2.00. The summed E-state index contributed by atoms with van der Waals surface area (Å²) in [5.41, 5.74) is 2.47. The van der Waals surface area contributed by atoms with Crippen molar-refractivity contribution in [1.29, 1.82) is 10.7 Å². The van der Waals surface area contributed by atoms with Crippen LogP contribution in [0.2, 0.25) is 0 Å². The van der Waals surface area contributed by atoms with Crippen molar-refractivity contribution in [3.8, 4) is 6.07 Å². The Morgan fingerprint density at radius 3 is 2.71 bits per heavy atom. The van der Waals surface area contributed by atoms with Crippen LogP contribution in [-0.4, -0.2) is 28.4 Å². The lowest BCUT2D eigenvalue weighted by atomic mass is 10.1. The minimum atomic E-state index is 0.313. The number of nitriles is 1. The van der Waals surface area contributed by atoms with Crippen molar-refractivity contribution in [2.75, 3.05) is 13.1 Å². The number of nitrogens with one attached hydrogen (secondary N) is 1. The van der Waals surface area contributed by atoms with Gasteiger partial charge in [-0.25, -0.2) is 0 Å². The van der Waals surface area contributed by atoms with E-state index in [-0.39, 0.29) is 0 Å². The number of hydrogen-bond donors (Lipinski definition) is 1. The molecule has 2 aliphatic rings. The van der Waals surface area contributed by atoms with Crippen molar-refractivity contribution in [2.24, 2.45) is 0 Å². The van der Waals surface area contributed by atoms with Crippen LogP contribution in [0.25, 0.3) is 5.70 Å². The summed E-state index contributed by atoms with van der Waals surface area (Å²) in [4.78, 5) is 2.26. The highest BCUT2D eigenvalue weighted by molar-refractivity contribution is 6.12. The van der Waals surface area contributed by atoms with Gasteiger partial charge in [0, 0.05) is 19.3 Å². The van der Waals surface area contributed by atoms with Crippen LogP contribution >= 0.6 is 0 Å². The third-order valence-electron chi connectivity index (χ3n) is 3.49. The lowest BCUT2D eigenvalue weighted by Crippen LogP contribution is -2.28. The number of allylic oxidation sites excluding steroid dienone is 1. The average Bonchev–Trinajstić information content (AvgIpc) is 2.92. The number of rotatable bonds is 1. The van der Waals surface area contributed by atoms with E-state index in [0.29, 0.717) is 11.4 Å². The Bertz CT molecular complexity index is 538. The number of hydrogen-bond acceptors (Lipinski definition) is 3. The number of aromatic nitrogens is 1. The Balaban J connectivity index is 2.09. The van der Waals surface area contributed by atoms with Gasteiger partial charge in [0.25, 0.3) is 0 Å². The smallest absolute Gasteiger partial charge is 0.149 e. The molecule has 3 rings (SSSR count). The zero-order valence-corrected chi connectivity index (χ0v) is 9.61. The summed E-state index contributed by atoms with van der Waals surface area (Å²) < 4.78 is 1.79. The van der Waals surface area contributed by atoms with E-state index in [1.54, 1.807) is 4.57 Å². The van der Waals surface area contributed by atoms with Gasteiger partial charge in [0.15, 0.2) is 0 Å². The van der Waals surface area contributed by atoms with E-state index in [1.807, 2.05) is 18.3 Å². The van der Waals surface area contributed by atoms with E-state index in [2.05, 4.69) is 11.0 Å². The molecule has 4 heteroatoms. The second kappa shape index (κ2) is 3.77. The van der Waals surface area contributed by atoms with E-state index in [0.717, 1.165) is 24.5 Å². The van der Waals surface area contributed by atoms with Crippen LogP contribution in [0.4, 0.5) is 0 Å². The maximum absolute atomic E-state index is 9.24. The number of fused-ring (bicyclic) bond motifs is 1. The van der Waals surface area contributed by atoms with E-state index in [1.165, 1.54) is 19.3 Å². The Kier molecular flexibility index (Phi) is 2.25. The van der Waals surface area contributed by atoms with Gasteiger partial charge in [-0.2, -0.15) is 5.26 Å². The van der Waals surface area contributed by atoms with Gasteiger partial charge in [0.1, 0.15) is 17.5 Å². The highest BCUT2D eigenvalue weighted by Gasteiger charge is 2.30. The molecule has 0 spiro atoms. The van der Waals surface area contributed by atoms with Crippen LogP contribution in [-0.2, 0) is 0 Å². The fourth-order valence-corrected chi connectivity index (χ4v) is 2.67. The second-order valence-corrected chi connectivity index (χ2v) is 4.50. The molecule has 0 unspecified atom stereocenters.